The van der Waals surface area contributed by atoms with Crippen molar-refractivity contribution in [2.45, 2.75) is 4.90 Å². The quantitative estimate of drug-likeness (QED) is 0.683. The summed E-state index contributed by atoms with van der Waals surface area (Å²) in [6.45, 7) is 0. The maximum Gasteiger partial charge on any atom is 0.294 e. The van der Waals surface area contributed by atoms with Crippen molar-refractivity contribution in [2.75, 3.05) is 33.8 Å². The van der Waals surface area contributed by atoms with Gasteiger partial charge in [-0.3, -0.25) is 9.35 Å². The SMILES string of the molecule is COc1ccc(S(=O)(=O)O)cc1NC(=O)c1cc(OC)c(OC)c(OC)c1. The van der Waals surface area contributed by atoms with Crippen molar-refractivity contribution in [3.63, 3.8) is 0 Å². The van der Waals surface area contributed by atoms with E-state index in [0.717, 1.165) is 12.1 Å². The molecule has 0 aliphatic heterocycles. The molecule has 0 atom stereocenters. The minimum Gasteiger partial charge on any atom is -0.495 e. The van der Waals surface area contributed by atoms with E-state index in [0.29, 0.717) is 5.75 Å². The summed E-state index contributed by atoms with van der Waals surface area (Å²) in [5.41, 5.74) is 0.232. The Morgan fingerprint density at radius 1 is 0.889 bits per heavy atom. The third-order valence-corrected chi connectivity index (χ3v) is 4.49. The standard InChI is InChI=1S/C17H19NO8S/c1-23-13-6-5-11(27(20,21)22)9-12(13)18-17(19)10-7-14(24-2)16(26-4)15(8-10)25-3/h5-9H,1-4H3,(H,18,19)(H,20,21,22). The van der Waals surface area contributed by atoms with Gasteiger partial charge in [0.05, 0.1) is 39.0 Å². The fourth-order valence-corrected chi connectivity index (χ4v) is 2.86. The van der Waals surface area contributed by atoms with Crippen LogP contribution in [0.25, 0.3) is 0 Å². The minimum absolute atomic E-state index is 0.0615. The lowest BCUT2D eigenvalue weighted by atomic mass is 10.1. The molecule has 2 aromatic rings. The lowest BCUT2D eigenvalue weighted by molar-refractivity contribution is 0.102. The fraction of sp³-hybridized carbons (Fsp3) is 0.235. The second-order valence-corrected chi connectivity index (χ2v) is 6.63. The number of benzene rings is 2. The Hall–Kier alpha value is -2.98. The van der Waals surface area contributed by atoms with Gasteiger partial charge in [-0.1, -0.05) is 0 Å². The Labute approximate surface area is 156 Å². The van der Waals surface area contributed by atoms with Crippen LogP contribution in [0, 0.1) is 0 Å². The molecule has 0 fully saturated rings. The van der Waals surface area contributed by atoms with Crippen molar-refractivity contribution in [1.82, 2.24) is 0 Å². The summed E-state index contributed by atoms with van der Waals surface area (Å²) in [6.07, 6.45) is 0. The zero-order chi connectivity index (χ0) is 20.2. The summed E-state index contributed by atoms with van der Waals surface area (Å²) in [4.78, 5) is 12.3. The van der Waals surface area contributed by atoms with Crippen LogP contribution in [0.5, 0.6) is 23.0 Å². The molecule has 2 N–H and O–H groups in total. The van der Waals surface area contributed by atoms with Gasteiger partial charge in [-0.05, 0) is 30.3 Å². The van der Waals surface area contributed by atoms with E-state index in [4.69, 9.17) is 18.9 Å². The molecular weight excluding hydrogens is 378 g/mol. The van der Waals surface area contributed by atoms with Gasteiger partial charge >= 0.3 is 0 Å². The van der Waals surface area contributed by atoms with Gasteiger partial charge in [0.2, 0.25) is 5.75 Å². The van der Waals surface area contributed by atoms with Crippen LogP contribution in [-0.2, 0) is 10.1 Å². The van der Waals surface area contributed by atoms with Crippen LogP contribution >= 0.6 is 0 Å². The van der Waals surface area contributed by atoms with E-state index in [1.807, 2.05) is 0 Å². The number of rotatable bonds is 7. The number of nitrogens with one attached hydrogen (secondary N) is 1. The molecule has 9 nitrogen and oxygen atoms in total. The molecule has 0 aliphatic rings. The molecule has 10 heteroatoms. The number of hydrogen-bond donors (Lipinski definition) is 2. The maximum atomic E-state index is 12.6. The van der Waals surface area contributed by atoms with Gasteiger partial charge in [0.15, 0.2) is 11.5 Å². The molecule has 1 amide bonds. The monoisotopic (exact) mass is 397 g/mol. The Balaban J connectivity index is 2.46. The molecule has 2 aromatic carbocycles. The van der Waals surface area contributed by atoms with E-state index in [9.17, 15) is 17.8 Å². The van der Waals surface area contributed by atoms with Crippen LogP contribution in [0.4, 0.5) is 5.69 Å². The van der Waals surface area contributed by atoms with Crippen LogP contribution in [0.1, 0.15) is 10.4 Å². The largest absolute Gasteiger partial charge is 0.495 e. The summed E-state index contributed by atoms with van der Waals surface area (Å²) in [7, 11) is 1.18. The van der Waals surface area contributed by atoms with Crippen molar-refractivity contribution in [1.29, 1.82) is 0 Å². The van der Waals surface area contributed by atoms with Gasteiger partial charge in [0.25, 0.3) is 16.0 Å². The Bertz CT molecular complexity index is 930. The van der Waals surface area contributed by atoms with Gasteiger partial charge < -0.3 is 24.3 Å². The third kappa shape index (κ3) is 4.41. The first-order valence-corrected chi connectivity index (χ1v) is 8.96. The fourth-order valence-electron chi connectivity index (χ4n) is 2.35. The minimum atomic E-state index is -4.44. The molecule has 0 spiro atoms. The molecule has 0 aromatic heterocycles. The summed E-state index contributed by atoms with van der Waals surface area (Å²) >= 11 is 0. The van der Waals surface area contributed by atoms with Crippen molar-refractivity contribution in [3.8, 4) is 23.0 Å². The molecule has 0 radical (unpaired) electrons. The highest BCUT2D eigenvalue weighted by Gasteiger charge is 2.19. The molecule has 0 saturated carbocycles. The molecule has 2 rings (SSSR count). The van der Waals surface area contributed by atoms with E-state index in [1.165, 1.54) is 46.6 Å². The predicted molar refractivity (Wildman–Crippen MR) is 96.9 cm³/mol. The highest BCUT2D eigenvalue weighted by Crippen LogP contribution is 2.38. The Morgan fingerprint density at radius 2 is 1.44 bits per heavy atom. The molecule has 0 aliphatic carbocycles. The number of carbonyl (C=O) groups is 1. The number of carbonyl (C=O) groups excluding carboxylic acids is 1. The second-order valence-electron chi connectivity index (χ2n) is 5.21. The molecular formula is C17H19NO8S. The zero-order valence-electron chi connectivity index (χ0n) is 15.1. The third-order valence-electron chi connectivity index (χ3n) is 3.64. The average molecular weight is 397 g/mol. The lowest BCUT2D eigenvalue weighted by Crippen LogP contribution is -2.14. The van der Waals surface area contributed by atoms with E-state index in [-0.39, 0.29) is 33.4 Å². The van der Waals surface area contributed by atoms with E-state index in [1.54, 1.807) is 0 Å². The normalized spacial score (nSPS) is 10.9. The van der Waals surface area contributed by atoms with Gasteiger partial charge in [-0.25, -0.2) is 0 Å². The van der Waals surface area contributed by atoms with Crippen LogP contribution in [0.15, 0.2) is 35.2 Å². The second kappa shape index (κ2) is 8.14. The smallest absolute Gasteiger partial charge is 0.294 e. The van der Waals surface area contributed by atoms with E-state index in [2.05, 4.69) is 5.32 Å². The van der Waals surface area contributed by atoms with E-state index < -0.39 is 16.0 Å². The summed E-state index contributed by atoms with van der Waals surface area (Å²) in [5, 5.41) is 2.54. The van der Waals surface area contributed by atoms with Crippen molar-refractivity contribution in [2.24, 2.45) is 0 Å². The average Bonchev–Trinajstić information content (AvgIpc) is 2.65. The van der Waals surface area contributed by atoms with Gasteiger partial charge in [0.1, 0.15) is 5.75 Å². The zero-order valence-corrected chi connectivity index (χ0v) is 15.9. The number of hydrogen-bond acceptors (Lipinski definition) is 7. The summed E-state index contributed by atoms with van der Waals surface area (Å²) < 4.78 is 52.6. The van der Waals surface area contributed by atoms with E-state index >= 15 is 0 Å². The first kappa shape index (κ1) is 20.3. The first-order valence-electron chi connectivity index (χ1n) is 7.52. The number of amides is 1. The van der Waals surface area contributed by atoms with Crippen molar-refractivity contribution < 1.29 is 36.7 Å². The maximum absolute atomic E-state index is 12.6. The van der Waals surface area contributed by atoms with Crippen LogP contribution in [0.3, 0.4) is 0 Å². The van der Waals surface area contributed by atoms with Crippen LogP contribution < -0.4 is 24.3 Å². The van der Waals surface area contributed by atoms with Crippen LogP contribution in [0.2, 0.25) is 0 Å². The molecule has 27 heavy (non-hydrogen) atoms. The first-order chi connectivity index (χ1) is 12.7. The highest BCUT2D eigenvalue weighted by atomic mass is 32.2. The van der Waals surface area contributed by atoms with Gasteiger partial charge in [-0.2, -0.15) is 8.42 Å². The molecule has 0 heterocycles. The number of anilines is 1. The molecule has 0 bridgehead atoms. The topological polar surface area (TPSA) is 120 Å². The van der Waals surface area contributed by atoms with Gasteiger partial charge in [0, 0.05) is 5.56 Å². The van der Waals surface area contributed by atoms with Crippen LogP contribution in [-0.4, -0.2) is 47.3 Å². The molecule has 0 saturated heterocycles. The Morgan fingerprint density at radius 3 is 1.89 bits per heavy atom. The number of methoxy groups -OCH3 is 4. The number of ether oxygens (including phenoxy) is 4. The van der Waals surface area contributed by atoms with Crippen molar-refractivity contribution in [3.05, 3.63) is 35.9 Å². The molecule has 0 unspecified atom stereocenters. The molecule has 146 valence electrons. The predicted octanol–water partition coefficient (Wildman–Crippen LogP) is 2.22. The lowest BCUT2D eigenvalue weighted by Gasteiger charge is -2.15. The Kier molecular flexibility index (Phi) is 6.13. The highest BCUT2D eigenvalue weighted by molar-refractivity contribution is 7.85. The van der Waals surface area contributed by atoms with Crippen molar-refractivity contribution >= 4 is 21.7 Å². The van der Waals surface area contributed by atoms with Gasteiger partial charge in [-0.15, -0.1) is 0 Å². The summed E-state index contributed by atoms with van der Waals surface area (Å²) in [5.74, 6) is 0.507. The summed E-state index contributed by atoms with van der Waals surface area (Å²) in [6, 6.07) is 6.44.